The summed E-state index contributed by atoms with van der Waals surface area (Å²) >= 11 is 0. The summed E-state index contributed by atoms with van der Waals surface area (Å²) < 4.78 is 0. The van der Waals surface area contributed by atoms with Gasteiger partial charge < -0.3 is 0 Å². The average molecular weight is 139 g/mol. The van der Waals surface area contributed by atoms with Crippen molar-refractivity contribution in [1.29, 1.82) is 0 Å². The molecule has 0 aliphatic carbocycles. The summed E-state index contributed by atoms with van der Waals surface area (Å²) in [5.41, 5.74) is 0. The minimum Gasteiger partial charge on any atom is -0.0880 e. The standard InChI is InChI=1S/C10H19/c1-5-10(4)8-6-7-9(2)3/h6,8-10H,2,5,7H2,1,3-4H3. The molecule has 0 fully saturated rings. The lowest BCUT2D eigenvalue weighted by Crippen LogP contribution is -1.86. The summed E-state index contributed by atoms with van der Waals surface area (Å²) in [6.07, 6.45) is 6.87. The van der Waals surface area contributed by atoms with E-state index in [1.54, 1.807) is 0 Å². The highest BCUT2D eigenvalue weighted by molar-refractivity contribution is 4.87. The molecule has 0 heteroatoms. The Bertz CT molecular complexity index is 90.2. The van der Waals surface area contributed by atoms with Gasteiger partial charge in [-0.25, -0.2) is 0 Å². The zero-order chi connectivity index (χ0) is 7.98. The van der Waals surface area contributed by atoms with E-state index < -0.39 is 0 Å². The van der Waals surface area contributed by atoms with Gasteiger partial charge in [-0.2, -0.15) is 0 Å². The lowest BCUT2D eigenvalue weighted by atomic mass is 10.1. The number of hydrogen-bond donors (Lipinski definition) is 0. The van der Waals surface area contributed by atoms with Crippen molar-refractivity contribution in [2.75, 3.05) is 0 Å². The highest BCUT2D eigenvalue weighted by atomic mass is 14.0. The van der Waals surface area contributed by atoms with Gasteiger partial charge in [-0.1, -0.05) is 46.3 Å². The van der Waals surface area contributed by atoms with Crippen molar-refractivity contribution >= 4 is 0 Å². The lowest BCUT2D eigenvalue weighted by molar-refractivity contribution is 0.682. The van der Waals surface area contributed by atoms with Crippen LogP contribution >= 0.6 is 0 Å². The third-order valence-corrected chi connectivity index (χ3v) is 1.65. The van der Waals surface area contributed by atoms with Crippen LogP contribution in [0.1, 0.15) is 33.6 Å². The van der Waals surface area contributed by atoms with E-state index in [1.807, 2.05) is 0 Å². The first-order valence-electron chi connectivity index (χ1n) is 4.16. The van der Waals surface area contributed by atoms with E-state index in [9.17, 15) is 0 Å². The van der Waals surface area contributed by atoms with Gasteiger partial charge in [0.05, 0.1) is 0 Å². The Morgan fingerprint density at radius 1 is 1.40 bits per heavy atom. The fourth-order valence-corrected chi connectivity index (χ4v) is 0.679. The molecule has 0 aliphatic heterocycles. The van der Waals surface area contributed by atoms with Crippen LogP contribution in [0.2, 0.25) is 0 Å². The van der Waals surface area contributed by atoms with E-state index in [-0.39, 0.29) is 0 Å². The Kier molecular flexibility index (Phi) is 5.38. The zero-order valence-electron chi connectivity index (χ0n) is 7.43. The molecule has 10 heavy (non-hydrogen) atoms. The third kappa shape index (κ3) is 5.87. The van der Waals surface area contributed by atoms with E-state index in [0.717, 1.165) is 12.3 Å². The predicted molar refractivity (Wildman–Crippen MR) is 47.7 cm³/mol. The molecule has 59 valence electrons. The van der Waals surface area contributed by atoms with Crippen LogP contribution in [-0.2, 0) is 0 Å². The van der Waals surface area contributed by atoms with Gasteiger partial charge in [0.15, 0.2) is 0 Å². The molecular formula is C10H19. The van der Waals surface area contributed by atoms with Gasteiger partial charge in [-0.05, 0) is 18.3 Å². The van der Waals surface area contributed by atoms with Crippen molar-refractivity contribution in [2.45, 2.75) is 33.6 Å². The molecule has 2 atom stereocenters. The highest BCUT2D eigenvalue weighted by Gasteiger charge is 1.91. The van der Waals surface area contributed by atoms with E-state index >= 15 is 0 Å². The van der Waals surface area contributed by atoms with E-state index in [2.05, 4.69) is 39.8 Å². The predicted octanol–water partition coefficient (Wildman–Crippen LogP) is 3.45. The first-order valence-corrected chi connectivity index (χ1v) is 4.16. The Morgan fingerprint density at radius 2 is 2.00 bits per heavy atom. The molecule has 0 bridgehead atoms. The van der Waals surface area contributed by atoms with Crippen molar-refractivity contribution < 1.29 is 0 Å². The van der Waals surface area contributed by atoms with Crippen LogP contribution in [0.15, 0.2) is 12.2 Å². The second-order valence-corrected chi connectivity index (χ2v) is 3.15. The van der Waals surface area contributed by atoms with Crippen LogP contribution in [0.4, 0.5) is 0 Å². The van der Waals surface area contributed by atoms with Gasteiger partial charge in [0.25, 0.3) is 0 Å². The molecule has 0 aromatic heterocycles. The fraction of sp³-hybridized carbons (Fsp3) is 0.700. The Labute approximate surface area is 65.3 Å². The SMILES string of the molecule is [CH2]C(C)CC=CC(C)CC. The fourth-order valence-electron chi connectivity index (χ4n) is 0.679. The van der Waals surface area contributed by atoms with Crippen molar-refractivity contribution in [3.8, 4) is 0 Å². The molecule has 0 spiro atoms. The molecule has 0 saturated carbocycles. The maximum Gasteiger partial charge on any atom is -0.0265 e. The van der Waals surface area contributed by atoms with E-state index in [0.29, 0.717) is 5.92 Å². The van der Waals surface area contributed by atoms with Crippen LogP contribution in [0, 0.1) is 18.8 Å². The maximum absolute atomic E-state index is 3.91. The zero-order valence-corrected chi connectivity index (χ0v) is 7.43. The van der Waals surface area contributed by atoms with Gasteiger partial charge in [0, 0.05) is 0 Å². The first kappa shape index (κ1) is 9.74. The minimum atomic E-state index is 0.556. The Morgan fingerprint density at radius 3 is 2.40 bits per heavy atom. The second-order valence-electron chi connectivity index (χ2n) is 3.15. The molecule has 0 aromatic carbocycles. The van der Waals surface area contributed by atoms with Gasteiger partial charge in [-0.3, -0.25) is 0 Å². The van der Waals surface area contributed by atoms with Crippen molar-refractivity contribution in [1.82, 2.24) is 0 Å². The van der Waals surface area contributed by atoms with Gasteiger partial charge >= 0.3 is 0 Å². The van der Waals surface area contributed by atoms with Crippen molar-refractivity contribution in [3.63, 3.8) is 0 Å². The van der Waals surface area contributed by atoms with E-state index in [1.165, 1.54) is 6.42 Å². The molecule has 0 aliphatic rings. The van der Waals surface area contributed by atoms with Crippen LogP contribution in [0.5, 0.6) is 0 Å². The molecule has 0 rings (SSSR count). The van der Waals surface area contributed by atoms with Crippen LogP contribution in [0.3, 0.4) is 0 Å². The van der Waals surface area contributed by atoms with Crippen molar-refractivity contribution in [3.05, 3.63) is 19.1 Å². The molecule has 0 saturated heterocycles. The second kappa shape index (κ2) is 5.52. The van der Waals surface area contributed by atoms with Gasteiger partial charge in [0.2, 0.25) is 0 Å². The summed E-state index contributed by atoms with van der Waals surface area (Å²) in [6, 6.07) is 0. The highest BCUT2D eigenvalue weighted by Crippen LogP contribution is 2.05. The van der Waals surface area contributed by atoms with Gasteiger partial charge in [0.1, 0.15) is 0 Å². The molecule has 0 heterocycles. The summed E-state index contributed by atoms with van der Waals surface area (Å²) in [5, 5.41) is 0. The monoisotopic (exact) mass is 139 g/mol. The third-order valence-electron chi connectivity index (χ3n) is 1.65. The smallest absolute Gasteiger partial charge is 0.0265 e. The van der Waals surface area contributed by atoms with Gasteiger partial charge in [-0.15, -0.1) is 0 Å². The number of hydrogen-bond acceptors (Lipinski definition) is 0. The largest absolute Gasteiger partial charge is 0.0880 e. The molecule has 1 radical (unpaired) electrons. The van der Waals surface area contributed by atoms with Crippen LogP contribution in [0.25, 0.3) is 0 Å². The maximum atomic E-state index is 3.91. The number of allylic oxidation sites excluding steroid dienone is 2. The topological polar surface area (TPSA) is 0 Å². The summed E-state index contributed by atoms with van der Waals surface area (Å²) in [6.45, 7) is 10.5. The van der Waals surface area contributed by atoms with Crippen LogP contribution < -0.4 is 0 Å². The summed E-state index contributed by atoms with van der Waals surface area (Å²) in [4.78, 5) is 0. The minimum absolute atomic E-state index is 0.556. The molecule has 0 aromatic rings. The quantitative estimate of drug-likeness (QED) is 0.523. The molecule has 0 N–H and O–H groups in total. The molecule has 0 amide bonds. The molecular weight excluding hydrogens is 120 g/mol. The number of rotatable bonds is 4. The molecule has 2 unspecified atom stereocenters. The Hall–Kier alpha value is -0.260. The molecule has 0 nitrogen and oxygen atoms in total. The van der Waals surface area contributed by atoms with Crippen molar-refractivity contribution in [2.24, 2.45) is 11.8 Å². The first-order chi connectivity index (χ1) is 4.66. The van der Waals surface area contributed by atoms with E-state index in [4.69, 9.17) is 0 Å². The normalized spacial score (nSPS) is 14.9. The summed E-state index contributed by atoms with van der Waals surface area (Å²) in [7, 11) is 0. The summed E-state index contributed by atoms with van der Waals surface area (Å²) in [5.74, 6) is 1.29. The van der Waals surface area contributed by atoms with Crippen LogP contribution in [-0.4, -0.2) is 0 Å². The lowest BCUT2D eigenvalue weighted by Gasteiger charge is -2.00. The average Bonchev–Trinajstić information content (AvgIpc) is 1.87. The Balaban J connectivity index is 3.36.